The third kappa shape index (κ3) is 5.31. The molecule has 0 aliphatic heterocycles. The van der Waals surface area contributed by atoms with Crippen LogP contribution in [0, 0.1) is 0 Å². The summed E-state index contributed by atoms with van der Waals surface area (Å²) in [6, 6.07) is 9.57. The van der Waals surface area contributed by atoms with Crippen molar-refractivity contribution in [1.82, 2.24) is 10.2 Å². The van der Waals surface area contributed by atoms with Crippen molar-refractivity contribution in [3.05, 3.63) is 35.9 Å². The van der Waals surface area contributed by atoms with Crippen molar-refractivity contribution in [3.8, 4) is 0 Å². The Morgan fingerprint density at radius 1 is 1.12 bits per heavy atom. The summed E-state index contributed by atoms with van der Waals surface area (Å²) in [6.07, 6.45) is 3.64. The zero-order valence-corrected chi connectivity index (χ0v) is 14.7. The van der Waals surface area contributed by atoms with Crippen LogP contribution in [-0.2, 0) is 20.9 Å². The van der Waals surface area contributed by atoms with Gasteiger partial charge in [0.05, 0.1) is 0 Å². The molecule has 0 aromatic heterocycles. The number of benzene rings is 1. The molecule has 2 rings (SSSR count). The van der Waals surface area contributed by atoms with Gasteiger partial charge in [-0.15, -0.1) is 0 Å². The average Bonchev–Trinajstić information content (AvgIpc) is 2.60. The molecular formula is C19H26N2O4. The van der Waals surface area contributed by atoms with Crippen molar-refractivity contribution in [2.45, 2.75) is 57.5 Å². The fourth-order valence-electron chi connectivity index (χ4n) is 3.27. The Bertz CT molecular complexity index is 609. The van der Waals surface area contributed by atoms with E-state index in [1.807, 2.05) is 30.3 Å². The molecule has 0 heterocycles. The van der Waals surface area contributed by atoms with Gasteiger partial charge >= 0.3 is 5.97 Å². The van der Waals surface area contributed by atoms with Gasteiger partial charge in [0.2, 0.25) is 11.8 Å². The van der Waals surface area contributed by atoms with E-state index in [4.69, 9.17) is 0 Å². The summed E-state index contributed by atoms with van der Waals surface area (Å²) in [4.78, 5) is 37.3. The number of carbonyl (C=O) groups is 3. The number of nitrogens with one attached hydrogen (secondary N) is 1. The quantitative estimate of drug-likeness (QED) is 0.793. The van der Waals surface area contributed by atoms with Gasteiger partial charge in [0.25, 0.3) is 0 Å². The van der Waals surface area contributed by atoms with Crippen LogP contribution in [0.1, 0.15) is 51.0 Å². The van der Waals surface area contributed by atoms with E-state index in [1.54, 1.807) is 4.90 Å². The van der Waals surface area contributed by atoms with Gasteiger partial charge in [-0.05, 0) is 18.4 Å². The predicted octanol–water partition coefficient (Wildman–Crippen LogP) is 2.33. The molecule has 0 bridgehead atoms. The maximum atomic E-state index is 12.3. The van der Waals surface area contributed by atoms with E-state index in [-0.39, 0.29) is 24.8 Å². The molecule has 6 nitrogen and oxygen atoms in total. The highest BCUT2D eigenvalue weighted by atomic mass is 16.4. The Hall–Kier alpha value is -2.37. The Kier molecular flexibility index (Phi) is 6.56. The number of carbonyl (C=O) groups excluding carboxylic acids is 2. The van der Waals surface area contributed by atoms with Crippen LogP contribution in [0.15, 0.2) is 30.3 Å². The normalized spacial score (nSPS) is 16.0. The molecular weight excluding hydrogens is 320 g/mol. The lowest BCUT2D eigenvalue weighted by Gasteiger charge is -2.34. The molecule has 1 aliphatic carbocycles. The summed E-state index contributed by atoms with van der Waals surface area (Å²) < 4.78 is 0. The van der Waals surface area contributed by atoms with E-state index < -0.39 is 11.5 Å². The zero-order valence-electron chi connectivity index (χ0n) is 14.7. The number of carboxylic acids is 1. The molecule has 0 atom stereocenters. The van der Waals surface area contributed by atoms with Crippen LogP contribution in [0.2, 0.25) is 0 Å². The molecule has 0 unspecified atom stereocenters. The monoisotopic (exact) mass is 346 g/mol. The standard InChI is InChI=1S/C19H26N2O4/c1-15(22)21(14-16-8-4-2-5-9-16)13-10-17(23)20-19(18(24)25)11-6-3-7-12-19/h2,4-5,8-9H,3,6-7,10-14H2,1H3,(H,20,23)(H,24,25). The molecule has 1 aromatic carbocycles. The topological polar surface area (TPSA) is 86.7 Å². The molecule has 0 spiro atoms. The number of amides is 2. The number of rotatable bonds is 7. The highest BCUT2D eigenvalue weighted by Crippen LogP contribution is 2.28. The second kappa shape index (κ2) is 8.65. The zero-order chi connectivity index (χ0) is 18.3. The lowest BCUT2D eigenvalue weighted by molar-refractivity contribution is -0.149. The van der Waals surface area contributed by atoms with Gasteiger partial charge < -0.3 is 15.3 Å². The minimum Gasteiger partial charge on any atom is -0.480 e. The highest BCUT2D eigenvalue weighted by Gasteiger charge is 2.40. The van der Waals surface area contributed by atoms with Crippen molar-refractivity contribution >= 4 is 17.8 Å². The van der Waals surface area contributed by atoms with E-state index in [0.29, 0.717) is 19.4 Å². The molecule has 136 valence electrons. The van der Waals surface area contributed by atoms with Crippen LogP contribution >= 0.6 is 0 Å². The highest BCUT2D eigenvalue weighted by molar-refractivity contribution is 5.87. The molecule has 1 aromatic rings. The van der Waals surface area contributed by atoms with Crippen LogP contribution in [0.3, 0.4) is 0 Å². The first-order chi connectivity index (χ1) is 11.9. The lowest BCUT2D eigenvalue weighted by atomic mass is 9.81. The Morgan fingerprint density at radius 2 is 1.76 bits per heavy atom. The second-order valence-corrected chi connectivity index (χ2v) is 6.67. The maximum absolute atomic E-state index is 12.3. The van der Waals surface area contributed by atoms with Gasteiger partial charge in [-0.1, -0.05) is 49.6 Å². The molecule has 1 fully saturated rings. The van der Waals surface area contributed by atoms with Crippen molar-refractivity contribution in [2.75, 3.05) is 6.54 Å². The van der Waals surface area contributed by atoms with E-state index in [2.05, 4.69) is 5.32 Å². The molecule has 1 saturated carbocycles. The first-order valence-electron chi connectivity index (χ1n) is 8.77. The van der Waals surface area contributed by atoms with Gasteiger partial charge in [-0.2, -0.15) is 0 Å². The van der Waals surface area contributed by atoms with Crippen molar-refractivity contribution in [3.63, 3.8) is 0 Å². The number of hydrogen-bond donors (Lipinski definition) is 2. The first kappa shape index (κ1) is 19.0. The third-order valence-electron chi connectivity index (χ3n) is 4.77. The molecule has 25 heavy (non-hydrogen) atoms. The van der Waals surface area contributed by atoms with Gasteiger partial charge in [0.1, 0.15) is 5.54 Å². The number of carboxylic acid groups (broad SMARTS) is 1. The van der Waals surface area contributed by atoms with Gasteiger partial charge in [0.15, 0.2) is 0 Å². The van der Waals surface area contributed by atoms with Crippen molar-refractivity contribution in [2.24, 2.45) is 0 Å². The number of aliphatic carboxylic acids is 1. The summed E-state index contributed by atoms with van der Waals surface area (Å²) in [7, 11) is 0. The Balaban J connectivity index is 1.92. The minimum atomic E-state index is -1.14. The maximum Gasteiger partial charge on any atom is 0.329 e. The van der Waals surface area contributed by atoms with E-state index >= 15 is 0 Å². The Labute approximate surface area is 148 Å². The van der Waals surface area contributed by atoms with Crippen LogP contribution in [-0.4, -0.2) is 39.9 Å². The molecule has 0 saturated heterocycles. The summed E-state index contributed by atoms with van der Waals surface area (Å²) in [5, 5.41) is 12.2. The van der Waals surface area contributed by atoms with Gasteiger partial charge in [0, 0.05) is 26.4 Å². The molecule has 6 heteroatoms. The summed E-state index contributed by atoms with van der Waals surface area (Å²) in [5.74, 6) is -1.39. The van der Waals surface area contributed by atoms with Gasteiger partial charge in [-0.3, -0.25) is 9.59 Å². The summed E-state index contributed by atoms with van der Waals surface area (Å²) in [6.45, 7) is 2.18. The third-order valence-corrected chi connectivity index (χ3v) is 4.77. The van der Waals surface area contributed by atoms with Crippen LogP contribution in [0.5, 0.6) is 0 Å². The van der Waals surface area contributed by atoms with E-state index in [0.717, 1.165) is 24.8 Å². The van der Waals surface area contributed by atoms with Crippen LogP contribution in [0.4, 0.5) is 0 Å². The van der Waals surface area contributed by atoms with Crippen LogP contribution in [0.25, 0.3) is 0 Å². The number of nitrogens with zero attached hydrogens (tertiary/aromatic N) is 1. The smallest absolute Gasteiger partial charge is 0.329 e. The summed E-state index contributed by atoms with van der Waals surface area (Å²) in [5.41, 5.74) is -0.150. The van der Waals surface area contributed by atoms with E-state index in [9.17, 15) is 19.5 Å². The SMILES string of the molecule is CC(=O)N(CCC(=O)NC1(C(=O)O)CCCCC1)Cc1ccccc1. The Morgan fingerprint density at radius 3 is 2.32 bits per heavy atom. The number of hydrogen-bond acceptors (Lipinski definition) is 3. The van der Waals surface area contributed by atoms with Crippen molar-refractivity contribution < 1.29 is 19.5 Å². The fourth-order valence-corrected chi connectivity index (χ4v) is 3.27. The molecule has 2 N–H and O–H groups in total. The minimum absolute atomic E-state index is 0.0987. The molecule has 2 amide bonds. The van der Waals surface area contributed by atoms with Crippen LogP contribution < -0.4 is 5.32 Å². The average molecular weight is 346 g/mol. The van der Waals surface area contributed by atoms with E-state index in [1.165, 1.54) is 6.92 Å². The summed E-state index contributed by atoms with van der Waals surface area (Å²) >= 11 is 0. The first-order valence-corrected chi connectivity index (χ1v) is 8.77. The molecule has 0 radical (unpaired) electrons. The predicted molar refractivity (Wildman–Crippen MR) is 93.7 cm³/mol. The largest absolute Gasteiger partial charge is 0.480 e. The lowest BCUT2D eigenvalue weighted by Crippen LogP contribution is -2.56. The fraction of sp³-hybridized carbons (Fsp3) is 0.526. The van der Waals surface area contributed by atoms with Crippen molar-refractivity contribution in [1.29, 1.82) is 0 Å². The molecule has 1 aliphatic rings. The van der Waals surface area contributed by atoms with Gasteiger partial charge in [-0.25, -0.2) is 4.79 Å². The second-order valence-electron chi connectivity index (χ2n) is 6.67.